The summed E-state index contributed by atoms with van der Waals surface area (Å²) in [6.07, 6.45) is 0.922. The van der Waals surface area contributed by atoms with Crippen molar-refractivity contribution in [3.8, 4) is 43.7 Å². The lowest BCUT2D eigenvalue weighted by molar-refractivity contribution is 0.667. The van der Waals surface area contributed by atoms with Gasteiger partial charge in [0.25, 0.3) is 0 Å². The third kappa shape index (κ3) is 3.23. The van der Waals surface area contributed by atoms with Crippen LogP contribution >= 0.6 is 22.7 Å². The predicted molar refractivity (Wildman–Crippen MR) is 152 cm³/mol. The molecular formula is C31H20N4S2. The molecule has 0 radical (unpaired) electrons. The van der Waals surface area contributed by atoms with E-state index in [2.05, 4.69) is 70.3 Å². The van der Waals surface area contributed by atoms with E-state index in [0.29, 0.717) is 17.6 Å². The van der Waals surface area contributed by atoms with Gasteiger partial charge in [-0.2, -0.15) is 9.97 Å². The molecule has 8 rings (SSSR count). The number of anilines is 2. The van der Waals surface area contributed by atoms with Crippen LogP contribution in [-0.4, -0.2) is 15.0 Å². The third-order valence-corrected chi connectivity index (χ3v) is 9.13. The minimum Gasteiger partial charge on any atom is -0.301 e. The van der Waals surface area contributed by atoms with Gasteiger partial charge in [0.1, 0.15) is 0 Å². The minimum atomic E-state index is 0.116. The Morgan fingerprint density at radius 2 is 1.24 bits per heavy atom. The Kier molecular flexibility index (Phi) is 4.65. The number of fused-ring (bicyclic) bond motifs is 4. The van der Waals surface area contributed by atoms with E-state index in [-0.39, 0.29) is 6.04 Å². The monoisotopic (exact) mass is 512 g/mol. The first-order valence-electron chi connectivity index (χ1n) is 12.3. The summed E-state index contributed by atoms with van der Waals surface area (Å²) >= 11 is 3.62. The first kappa shape index (κ1) is 21.0. The molecular weight excluding hydrogens is 493 g/mol. The maximum atomic E-state index is 5.11. The summed E-state index contributed by atoms with van der Waals surface area (Å²) in [5, 5.41) is 4.40. The summed E-state index contributed by atoms with van der Waals surface area (Å²) < 4.78 is 0. The van der Waals surface area contributed by atoms with Gasteiger partial charge in [0.2, 0.25) is 5.95 Å². The number of nitrogens with zero attached hydrogens (tertiary/aromatic N) is 4. The van der Waals surface area contributed by atoms with Crippen molar-refractivity contribution in [3.63, 3.8) is 0 Å². The SMILES string of the molecule is c1ccc(-c2nc(-c3ccccc3)nc(N3c4ccsc4-c4cccc5c4C3Cc3ccsc3-5)n2)cc1. The van der Waals surface area contributed by atoms with Crippen molar-refractivity contribution in [1.82, 2.24) is 15.0 Å². The fourth-order valence-electron chi connectivity index (χ4n) is 5.60. The molecule has 6 aromatic rings. The van der Waals surface area contributed by atoms with Gasteiger partial charge in [0.15, 0.2) is 11.6 Å². The number of thiophene rings is 2. The predicted octanol–water partition coefficient (Wildman–Crippen LogP) is 8.41. The van der Waals surface area contributed by atoms with Crippen LogP contribution in [0.4, 0.5) is 11.6 Å². The van der Waals surface area contributed by atoms with Gasteiger partial charge in [-0.15, -0.1) is 22.7 Å². The van der Waals surface area contributed by atoms with Crippen LogP contribution in [0.3, 0.4) is 0 Å². The molecule has 0 N–H and O–H groups in total. The molecule has 4 heterocycles. The van der Waals surface area contributed by atoms with Crippen LogP contribution in [0.15, 0.2) is 102 Å². The van der Waals surface area contributed by atoms with Crippen LogP contribution in [0, 0.1) is 0 Å². The summed E-state index contributed by atoms with van der Waals surface area (Å²) in [5.41, 5.74) is 8.58. The van der Waals surface area contributed by atoms with E-state index in [1.165, 1.54) is 37.7 Å². The van der Waals surface area contributed by atoms with E-state index in [1.807, 2.05) is 47.7 Å². The minimum absolute atomic E-state index is 0.116. The van der Waals surface area contributed by atoms with Crippen molar-refractivity contribution >= 4 is 34.3 Å². The lowest BCUT2D eigenvalue weighted by Gasteiger charge is -2.40. The average Bonchev–Trinajstić information content (AvgIpc) is 3.64. The molecule has 4 nitrogen and oxygen atoms in total. The van der Waals surface area contributed by atoms with Gasteiger partial charge < -0.3 is 4.90 Å². The molecule has 1 aliphatic heterocycles. The van der Waals surface area contributed by atoms with Crippen molar-refractivity contribution in [2.75, 3.05) is 4.90 Å². The molecule has 1 unspecified atom stereocenters. The first-order chi connectivity index (χ1) is 18.3. The van der Waals surface area contributed by atoms with Gasteiger partial charge in [0.05, 0.1) is 16.6 Å². The molecule has 0 bridgehead atoms. The van der Waals surface area contributed by atoms with Crippen molar-refractivity contribution < 1.29 is 0 Å². The zero-order chi connectivity index (χ0) is 24.3. The zero-order valence-electron chi connectivity index (χ0n) is 19.7. The van der Waals surface area contributed by atoms with Crippen molar-refractivity contribution in [3.05, 3.63) is 113 Å². The number of hydrogen-bond acceptors (Lipinski definition) is 6. The fourth-order valence-corrected chi connectivity index (χ4v) is 7.50. The summed E-state index contributed by atoms with van der Waals surface area (Å²) in [7, 11) is 0. The fraction of sp³-hybridized carbons (Fsp3) is 0.0645. The Hall–Kier alpha value is -4.13. The van der Waals surface area contributed by atoms with E-state index in [9.17, 15) is 0 Å². The number of rotatable bonds is 3. The molecule has 3 aromatic carbocycles. The highest BCUT2D eigenvalue weighted by Crippen LogP contribution is 2.56. The normalized spacial score (nSPS) is 15.1. The standard InChI is InChI=1S/C31H20N4S2/c1-3-8-19(9-4-1)29-32-30(20-10-5-2-6-11-20)34-31(33-29)35-24-15-17-37-28(24)23-13-7-12-22-26(23)25(35)18-21-14-16-36-27(21)22/h1-17,25H,18H2. The molecule has 1 atom stereocenters. The zero-order valence-corrected chi connectivity index (χ0v) is 21.3. The van der Waals surface area contributed by atoms with Crippen LogP contribution < -0.4 is 4.90 Å². The summed E-state index contributed by atoms with van der Waals surface area (Å²) in [6.45, 7) is 0. The first-order valence-corrected chi connectivity index (χ1v) is 14.0. The molecule has 0 amide bonds. The molecule has 3 aromatic heterocycles. The van der Waals surface area contributed by atoms with E-state index in [1.54, 1.807) is 11.3 Å². The van der Waals surface area contributed by atoms with Crippen molar-refractivity contribution in [2.45, 2.75) is 12.5 Å². The Bertz CT molecular complexity index is 1700. The van der Waals surface area contributed by atoms with Gasteiger partial charge in [-0.25, -0.2) is 4.98 Å². The van der Waals surface area contributed by atoms with Crippen LogP contribution in [0.5, 0.6) is 0 Å². The lowest BCUT2D eigenvalue weighted by Crippen LogP contribution is -2.32. The van der Waals surface area contributed by atoms with Gasteiger partial charge in [-0.05, 0) is 51.6 Å². The highest BCUT2D eigenvalue weighted by molar-refractivity contribution is 7.14. The Balaban J connectivity index is 1.39. The maximum absolute atomic E-state index is 5.11. The van der Waals surface area contributed by atoms with E-state index in [0.717, 1.165) is 17.5 Å². The molecule has 0 spiro atoms. The number of aromatic nitrogens is 3. The molecule has 0 saturated heterocycles. The van der Waals surface area contributed by atoms with E-state index < -0.39 is 0 Å². The molecule has 6 heteroatoms. The molecule has 0 fully saturated rings. The summed E-state index contributed by atoms with van der Waals surface area (Å²) in [6, 6.07) is 31.7. The van der Waals surface area contributed by atoms with Crippen LogP contribution in [-0.2, 0) is 6.42 Å². The molecule has 2 aliphatic rings. The van der Waals surface area contributed by atoms with Gasteiger partial charge >= 0.3 is 0 Å². The van der Waals surface area contributed by atoms with Gasteiger partial charge in [-0.1, -0.05) is 78.9 Å². The highest BCUT2D eigenvalue weighted by atomic mass is 32.1. The summed E-state index contributed by atoms with van der Waals surface area (Å²) in [5.74, 6) is 2.07. The van der Waals surface area contributed by atoms with Crippen molar-refractivity contribution in [2.24, 2.45) is 0 Å². The summed E-state index contributed by atoms with van der Waals surface area (Å²) in [4.78, 5) is 20.2. The largest absolute Gasteiger partial charge is 0.301 e. The van der Waals surface area contributed by atoms with Crippen LogP contribution in [0.1, 0.15) is 17.2 Å². The Morgan fingerprint density at radius 3 is 1.95 bits per heavy atom. The smallest absolute Gasteiger partial charge is 0.234 e. The molecule has 1 aliphatic carbocycles. The van der Waals surface area contributed by atoms with Crippen LogP contribution in [0.2, 0.25) is 0 Å². The second kappa shape index (κ2) is 8.20. The molecule has 37 heavy (non-hydrogen) atoms. The lowest BCUT2D eigenvalue weighted by atomic mass is 9.81. The highest BCUT2D eigenvalue weighted by Gasteiger charge is 2.40. The van der Waals surface area contributed by atoms with Crippen molar-refractivity contribution in [1.29, 1.82) is 0 Å². The topological polar surface area (TPSA) is 41.9 Å². The third-order valence-electron chi connectivity index (χ3n) is 7.21. The van der Waals surface area contributed by atoms with E-state index >= 15 is 0 Å². The second-order valence-electron chi connectivity index (χ2n) is 9.28. The quantitative estimate of drug-likeness (QED) is 0.239. The van der Waals surface area contributed by atoms with Gasteiger partial charge in [0, 0.05) is 16.0 Å². The number of hydrogen-bond donors (Lipinski definition) is 0. The van der Waals surface area contributed by atoms with E-state index in [4.69, 9.17) is 15.0 Å². The Labute approximate surface area is 222 Å². The van der Waals surface area contributed by atoms with Crippen LogP contribution in [0.25, 0.3) is 43.7 Å². The van der Waals surface area contributed by atoms with Gasteiger partial charge in [-0.3, -0.25) is 0 Å². The maximum Gasteiger partial charge on any atom is 0.234 e. The molecule has 0 saturated carbocycles. The molecule has 176 valence electrons. The second-order valence-corrected chi connectivity index (χ2v) is 11.1. The average molecular weight is 513 g/mol. The number of benzene rings is 3. The Morgan fingerprint density at radius 1 is 0.622 bits per heavy atom.